The molecule has 0 saturated carbocycles. The molecule has 0 spiro atoms. The van der Waals surface area contributed by atoms with E-state index in [1.807, 2.05) is 0 Å². The van der Waals surface area contributed by atoms with Crippen LogP contribution in [0.3, 0.4) is 0 Å². The van der Waals surface area contributed by atoms with Crippen molar-refractivity contribution < 1.29 is 29.4 Å². The van der Waals surface area contributed by atoms with E-state index in [4.69, 9.17) is 21.7 Å². The van der Waals surface area contributed by atoms with Gasteiger partial charge < -0.3 is 32.3 Å². The Labute approximate surface area is 114 Å². The van der Waals surface area contributed by atoms with Gasteiger partial charge in [0.1, 0.15) is 12.1 Å². The van der Waals surface area contributed by atoms with Crippen molar-refractivity contribution in [1.82, 2.24) is 10.6 Å². The highest BCUT2D eigenvalue weighted by molar-refractivity contribution is 5.87. The van der Waals surface area contributed by atoms with Crippen LogP contribution in [0.15, 0.2) is 0 Å². The van der Waals surface area contributed by atoms with Gasteiger partial charge in [-0.05, 0) is 12.8 Å². The lowest BCUT2D eigenvalue weighted by Crippen LogP contribution is -2.44. The molecule has 0 aromatic carbocycles. The van der Waals surface area contributed by atoms with E-state index in [1.165, 1.54) is 0 Å². The highest BCUT2D eigenvalue weighted by atomic mass is 16.4. The molecule has 0 bridgehead atoms. The van der Waals surface area contributed by atoms with Crippen LogP contribution in [0.25, 0.3) is 0 Å². The van der Waals surface area contributed by atoms with Crippen LogP contribution in [-0.2, 0) is 14.4 Å². The number of rotatable bonds is 9. The van der Waals surface area contributed by atoms with Crippen LogP contribution in [0.2, 0.25) is 0 Å². The molecule has 0 aliphatic carbocycles. The molecular formula is C10H18N4O6. The molecular weight excluding hydrogens is 272 g/mol. The zero-order valence-corrected chi connectivity index (χ0v) is 10.7. The molecule has 0 aromatic heterocycles. The van der Waals surface area contributed by atoms with Crippen molar-refractivity contribution in [3.8, 4) is 0 Å². The number of amides is 3. The number of carbonyl (C=O) groups is 4. The maximum atomic E-state index is 11.4. The van der Waals surface area contributed by atoms with Gasteiger partial charge in [0.25, 0.3) is 0 Å². The first-order chi connectivity index (χ1) is 9.23. The second-order valence-electron chi connectivity index (χ2n) is 4.04. The summed E-state index contributed by atoms with van der Waals surface area (Å²) >= 11 is 0. The number of primary amides is 1. The number of carboxylic acid groups (broad SMARTS) is 2. The van der Waals surface area contributed by atoms with E-state index >= 15 is 0 Å². The summed E-state index contributed by atoms with van der Waals surface area (Å²) in [6.07, 6.45) is -0.173. The number of carboxylic acids is 2. The monoisotopic (exact) mass is 290 g/mol. The van der Waals surface area contributed by atoms with Crippen molar-refractivity contribution in [3.05, 3.63) is 0 Å². The molecule has 0 heterocycles. The largest absolute Gasteiger partial charge is 0.480 e. The Morgan fingerprint density at radius 1 is 1.10 bits per heavy atom. The Bertz CT molecular complexity index is 386. The summed E-state index contributed by atoms with van der Waals surface area (Å²) in [5, 5.41) is 21.9. The van der Waals surface area contributed by atoms with Crippen molar-refractivity contribution in [2.24, 2.45) is 11.5 Å². The molecule has 0 aliphatic heterocycles. The van der Waals surface area contributed by atoms with Crippen LogP contribution in [0.4, 0.5) is 4.79 Å². The average Bonchev–Trinajstić information content (AvgIpc) is 2.32. The van der Waals surface area contributed by atoms with Gasteiger partial charge in [-0.3, -0.25) is 9.59 Å². The smallest absolute Gasteiger partial charge is 0.326 e. The van der Waals surface area contributed by atoms with Gasteiger partial charge in [0.15, 0.2) is 0 Å². The van der Waals surface area contributed by atoms with E-state index in [1.54, 1.807) is 0 Å². The molecule has 2 atom stereocenters. The number of hydrogen-bond donors (Lipinski definition) is 6. The van der Waals surface area contributed by atoms with Crippen LogP contribution >= 0.6 is 0 Å². The fourth-order valence-corrected chi connectivity index (χ4v) is 1.32. The molecule has 0 fully saturated rings. The molecule has 0 saturated heterocycles. The van der Waals surface area contributed by atoms with Gasteiger partial charge in [-0.25, -0.2) is 9.59 Å². The normalized spacial score (nSPS) is 13.1. The minimum absolute atomic E-state index is 0.0592. The van der Waals surface area contributed by atoms with Gasteiger partial charge >= 0.3 is 18.0 Å². The fraction of sp³-hybridized carbons (Fsp3) is 0.600. The molecule has 10 heteroatoms. The lowest BCUT2D eigenvalue weighted by atomic mass is 10.1. The quantitative estimate of drug-likeness (QED) is 0.260. The standard InChI is InChI=1S/C10H18N4O6/c11-5(8(16)17)4-7(15)14-6(9(18)19)2-1-3-13-10(12)20/h5-6H,1-4,11H2,(H,14,15)(H,16,17)(H,18,19)(H3,12,13,20)/t5-,6-/m0/s1. The van der Waals surface area contributed by atoms with Gasteiger partial charge in [0.05, 0.1) is 6.42 Å². The number of hydrogen-bond acceptors (Lipinski definition) is 5. The highest BCUT2D eigenvalue weighted by Gasteiger charge is 2.22. The minimum Gasteiger partial charge on any atom is -0.480 e. The fourth-order valence-electron chi connectivity index (χ4n) is 1.32. The Hall–Kier alpha value is -2.36. The van der Waals surface area contributed by atoms with Gasteiger partial charge in [-0.2, -0.15) is 0 Å². The van der Waals surface area contributed by atoms with E-state index in [0.29, 0.717) is 0 Å². The number of nitrogens with one attached hydrogen (secondary N) is 2. The molecule has 8 N–H and O–H groups in total. The third kappa shape index (κ3) is 7.87. The van der Waals surface area contributed by atoms with Crippen molar-refractivity contribution in [2.45, 2.75) is 31.3 Å². The summed E-state index contributed by atoms with van der Waals surface area (Å²) in [6.45, 7) is 0.170. The molecule has 0 radical (unpaired) electrons. The van der Waals surface area contributed by atoms with Crippen LogP contribution in [0.5, 0.6) is 0 Å². The van der Waals surface area contributed by atoms with Gasteiger partial charge in [0, 0.05) is 6.54 Å². The average molecular weight is 290 g/mol. The molecule has 3 amide bonds. The number of carbonyl (C=O) groups excluding carboxylic acids is 2. The number of nitrogens with two attached hydrogens (primary N) is 2. The van der Waals surface area contributed by atoms with E-state index in [2.05, 4.69) is 10.6 Å². The summed E-state index contributed by atoms with van der Waals surface area (Å²) in [4.78, 5) is 43.2. The molecule has 20 heavy (non-hydrogen) atoms. The van der Waals surface area contributed by atoms with E-state index in [-0.39, 0.29) is 19.4 Å². The van der Waals surface area contributed by atoms with E-state index in [9.17, 15) is 19.2 Å². The molecule has 114 valence electrons. The molecule has 0 aromatic rings. The predicted molar refractivity (Wildman–Crippen MR) is 66.6 cm³/mol. The van der Waals surface area contributed by atoms with Crippen LogP contribution < -0.4 is 22.1 Å². The molecule has 0 unspecified atom stereocenters. The molecule has 0 rings (SSSR count). The predicted octanol–water partition coefficient (Wildman–Crippen LogP) is -2.19. The van der Waals surface area contributed by atoms with Crippen LogP contribution in [0.1, 0.15) is 19.3 Å². The maximum absolute atomic E-state index is 11.4. The highest BCUT2D eigenvalue weighted by Crippen LogP contribution is 1.99. The summed E-state index contributed by atoms with van der Waals surface area (Å²) in [5.74, 6) is -3.38. The van der Waals surface area contributed by atoms with E-state index in [0.717, 1.165) is 0 Å². The summed E-state index contributed by atoms with van der Waals surface area (Å²) in [5.41, 5.74) is 9.98. The first-order valence-corrected chi connectivity index (χ1v) is 5.78. The van der Waals surface area contributed by atoms with Crippen molar-refractivity contribution >= 4 is 23.9 Å². The number of aliphatic carboxylic acids is 2. The second kappa shape index (κ2) is 8.69. The van der Waals surface area contributed by atoms with E-state index < -0.39 is 42.4 Å². The third-order valence-corrected chi connectivity index (χ3v) is 2.32. The molecule has 0 aliphatic rings. The van der Waals surface area contributed by atoms with Gasteiger partial charge in [-0.15, -0.1) is 0 Å². The van der Waals surface area contributed by atoms with Crippen molar-refractivity contribution in [1.29, 1.82) is 0 Å². The zero-order valence-electron chi connectivity index (χ0n) is 10.7. The van der Waals surface area contributed by atoms with Gasteiger partial charge in [-0.1, -0.05) is 0 Å². The van der Waals surface area contributed by atoms with Gasteiger partial charge in [0.2, 0.25) is 5.91 Å². The Morgan fingerprint density at radius 2 is 1.70 bits per heavy atom. The Morgan fingerprint density at radius 3 is 2.15 bits per heavy atom. The maximum Gasteiger partial charge on any atom is 0.326 e. The lowest BCUT2D eigenvalue weighted by Gasteiger charge is -2.15. The Kier molecular flexibility index (Phi) is 7.67. The molecule has 10 nitrogen and oxygen atoms in total. The zero-order chi connectivity index (χ0) is 15.7. The summed E-state index contributed by atoms with van der Waals surface area (Å²) in [7, 11) is 0. The van der Waals surface area contributed by atoms with Crippen molar-refractivity contribution in [2.75, 3.05) is 6.54 Å². The SMILES string of the molecule is NC(=O)NCCC[C@H](NC(=O)C[C@H](N)C(=O)O)C(=O)O. The Balaban J connectivity index is 4.20. The first-order valence-electron chi connectivity index (χ1n) is 5.78. The van der Waals surface area contributed by atoms with Crippen LogP contribution in [-0.4, -0.2) is 52.7 Å². The van der Waals surface area contributed by atoms with Crippen LogP contribution in [0, 0.1) is 0 Å². The second-order valence-corrected chi connectivity index (χ2v) is 4.04. The summed E-state index contributed by atoms with van der Waals surface area (Å²) < 4.78 is 0. The summed E-state index contributed by atoms with van der Waals surface area (Å²) in [6, 6.07) is -3.30. The minimum atomic E-state index is -1.39. The third-order valence-electron chi connectivity index (χ3n) is 2.32. The number of urea groups is 1. The first kappa shape index (κ1) is 17.6. The topological polar surface area (TPSA) is 185 Å². The lowest BCUT2D eigenvalue weighted by molar-refractivity contribution is -0.143. The van der Waals surface area contributed by atoms with Crippen molar-refractivity contribution in [3.63, 3.8) is 0 Å².